The number of aryl methyl sites for hydroxylation is 3. The summed E-state index contributed by atoms with van der Waals surface area (Å²) in [6, 6.07) is 11.7. The van der Waals surface area contributed by atoms with Gasteiger partial charge in [0.05, 0.1) is 0 Å². The van der Waals surface area contributed by atoms with Gasteiger partial charge < -0.3 is 10.6 Å². The van der Waals surface area contributed by atoms with Crippen molar-refractivity contribution < 1.29 is 4.79 Å². The minimum absolute atomic E-state index is 0.232. The number of carbonyl (C=O) groups excluding carboxylic acids is 1. The van der Waals surface area contributed by atoms with Gasteiger partial charge in [-0.2, -0.15) is 0 Å². The van der Waals surface area contributed by atoms with E-state index in [0.717, 1.165) is 29.8 Å². The lowest BCUT2D eigenvalue weighted by atomic mass is 10.0. The van der Waals surface area contributed by atoms with Crippen molar-refractivity contribution in [3.05, 3.63) is 76.9 Å². The smallest absolute Gasteiger partial charge is 0.270 e. The summed E-state index contributed by atoms with van der Waals surface area (Å²) in [7, 11) is 0. The van der Waals surface area contributed by atoms with Crippen molar-refractivity contribution in [2.24, 2.45) is 0 Å². The molecule has 28 heavy (non-hydrogen) atoms. The van der Waals surface area contributed by atoms with E-state index >= 15 is 0 Å². The van der Waals surface area contributed by atoms with Crippen molar-refractivity contribution in [3.8, 4) is 0 Å². The second-order valence-electron chi connectivity index (χ2n) is 6.54. The summed E-state index contributed by atoms with van der Waals surface area (Å²) in [5.74, 6) is 0.203. The summed E-state index contributed by atoms with van der Waals surface area (Å²) >= 11 is 0. The number of para-hydroxylation sites is 1. The number of hydrogen-bond acceptors (Lipinski definition) is 5. The molecule has 2 aromatic heterocycles. The minimum atomic E-state index is -0.232. The maximum Gasteiger partial charge on any atom is 0.270 e. The maximum absolute atomic E-state index is 12.6. The molecule has 1 amide bonds. The zero-order valence-electron chi connectivity index (χ0n) is 16.5. The van der Waals surface area contributed by atoms with E-state index in [2.05, 4.69) is 57.6 Å². The lowest BCUT2D eigenvalue weighted by Gasteiger charge is -2.15. The lowest BCUT2D eigenvalue weighted by molar-refractivity contribution is 0.0945. The number of nitrogens with zero attached hydrogens (tertiary/aromatic N) is 3. The fourth-order valence-electron chi connectivity index (χ4n) is 3.03. The molecule has 2 heterocycles. The number of nitrogens with one attached hydrogen (secondary N) is 2. The molecule has 0 saturated carbocycles. The number of aromatic nitrogens is 3. The molecule has 0 fully saturated rings. The summed E-state index contributed by atoms with van der Waals surface area (Å²) in [6.07, 6.45) is 5.21. The quantitative estimate of drug-likeness (QED) is 0.653. The summed E-state index contributed by atoms with van der Waals surface area (Å²) in [5.41, 5.74) is 5.49. The highest BCUT2D eigenvalue weighted by Gasteiger charge is 2.13. The average Bonchev–Trinajstić information content (AvgIpc) is 2.72. The third-order valence-corrected chi connectivity index (χ3v) is 4.52. The van der Waals surface area contributed by atoms with Crippen LogP contribution in [-0.4, -0.2) is 20.9 Å². The molecule has 144 valence electrons. The number of benzene rings is 1. The second kappa shape index (κ2) is 9.08. The normalized spacial score (nSPS) is 10.5. The highest BCUT2D eigenvalue weighted by molar-refractivity contribution is 5.92. The number of carbonyl (C=O) groups is 1. The van der Waals surface area contributed by atoms with Crippen molar-refractivity contribution in [1.82, 2.24) is 20.3 Å². The van der Waals surface area contributed by atoms with Crippen LogP contribution >= 0.6 is 0 Å². The van der Waals surface area contributed by atoms with Crippen LogP contribution in [0.25, 0.3) is 0 Å². The van der Waals surface area contributed by atoms with Gasteiger partial charge in [-0.05, 0) is 54.7 Å². The van der Waals surface area contributed by atoms with Crippen LogP contribution in [0.2, 0.25) is 0 Å². The first-order valence-corrected chi connectivity index (χ1v) is 9.51. The molecule has 0 aliphatic heterocycles. The molecular formula is C22H25N5O. The number of anilines is 2. The minimum Gasteiger partial charge on any atom is -0.347 e. The van der Waals surface area contributed by atoms with Crippen LogP contribution in [-0.2, 0) is 19.4 Å². The van der Waals surface area contributed by atoms with E-state index in [0.29, 0.717) is 18.2 Å². The third-order valence-electron chi connectivity index (χ3n) is 4.52. The Bertz CT molecular complexity index is 934. The van der Waals surface area contributed by atoms with E-state index in [1.54, 1.807) is 18.5 Å². The third kappa shape index (κ3) is 4.71. The molecular weight excluding hydrogens is 350 g/mol. The van der Waals surface area contributed by atoms with Crippen molar-refractivity contribution in [2.75, 3.05) is 5.32 Å². The Hall–Kier alpha value is -3.28. The molecule has 0 unspecified atom stereocenters. The van der Waals surface area contributed by atoms with Crippen LogP contribution in [0.5, 0.6) is 0 Å². The summed E-state index contributed by atoms with van der Waals surface area (Å²) in [4.78, 5) is 25.5. The summed E-state index contributed by atoms with van der Waals surface area (Å²) < 4.78 is 0. The predicted octanol–water partition coefficient (Wildman–Crippen LogP) is 3.98. The Labute approximate surface area is 165 Å². The average molecular weight is 375 g/mol. The summed E-state index contributed by atoms with van der Waals surface area (Å²) in [5, 5.41) is 6.24. The first-order chi connectivity index (χ1) is 13.6. The van der Waals surface area contributed by atoms with Gasteiger partial charge in [0.25, 0.3) is 5.91 Å². The van der Waals surface area contributed by atoms with Gasteiger partial charge in [-0.25, -0.2) is 9.97 Å². The highest BCUT2D eigenvalue weighted by atomic mass is 16.1. The first-order valence-electron chi connectivity index (χ1n) is 9.51. The zero-order chi connectivity index (χ0) is 19.9. The lowest BCUT2D eigenvalue weighted by Crippen LogP contribution is -2.24. The molecule has 0 spiro atoms. The Morgan fingerprint density at radius 1 is 1.00 bits per heavy atom. The van der Waals surface area contributed by atoms with Crippen LogP contribution in [0.1, 0.15) is 46.7 Å². The molecule has 3 rings (SSSR count). The molecule has 0 atom stereocenters. The van der Waals surface area contributed by atoms with Crippen LogP contribution < -0.4 is 10.6 Å². The van der Waals surface area contributed by atoms with Gasteiger partial charge in [-0.1, -0.05) is 32.0 Å². The zero-order valence-corrected chi connectivity index (χ0v) is 16.5. The van der Waals surface area contributed by atoms with E-state index < -0.39 is 0 Å². The molecule has 2 N–H and O–H groups in total. The van der Waals surface area contributed by atoms with E-state index in [1.165, 1.54) is 11.1 Å². The summed E-state index contributed by atoms with van der Waals surface area (Å²) in [6.45, 7) is 6.52. The molecule has 0 saturated heterocycles. The number of amides is 1. The van der Waals surface area contributed by atoms with Crippen molar-refractivity contribution in [1.29, 1.82) is 0 Å². The maximum atomic E-state index is 12.6. The molecule has 1 aromatic carbocycles. The van der Waals surface area contributed by atoms with Crippen molar-refractivity contribution in [2.45, 2.75) is 40.2 Å². The van der Waals surface area contributed by atoms with Gasteiger partial charge in [0, 0.05) is 30.3 Å². The standard InChI is InChI=1S/C22H25N5O/c1-4-17-7-6-8-18(5-2)20(17)27-22-25-15(3)13-19(26-22)21(28)24-14-16-9-11-23-12-10-16/h6-13H,4-5,14H2,1-3H3,(H,24,28)(H,25,26,27). The molecule has 0 aliphatic carbocycles. The van der Waals surface area contributed by atoms with Crippen molar-refractivity contribution >= 4 is 17.5 Å². The Kier molecular flexibility index (Phi) is 6.32. The number of hydrogen-bond donors (Lipinski definition) is 2. The Morgan fingerprint density at radius 2 is 1.68 bits per heavy atom. The van der Waals surface area contributed by atoms with Crippen molar-refractivity contribution in [3.63, 3.8) is 0 Å². The Balaban J connectivity index is 1.81. The van der Waals surface area contributed by atoms with E-state index in [-0.39, 0.29) is 5.91 Å². The molecule has 3 aromatic rings. The molecule has 0 aliphatic rings. The first kappa shape index (κ1) is 19.5. The van der Waals surface area contributed by atoms with Crippen LogP contribution in [0, 0.1) is 6.92 Å². The molecule has 6 heteroatoms. The Morgan fingerprint density at radius 3 is 2.32 bits per heavy atom. The molecule has 0 radical (unpaired) electrons. The predicted molar refractivity (Wildman–Crippen MR) is 111 cm³/mol. The molecule has 6 nitrogen and oxygen atoms in total. The van der Waals surface area contributed by atoms with E-state index in [1.807, 2.05) is 19.1 Å². The molecule has 0 bridgehead atoms. The van der Waals surface area contributed by atoms with Gasteiger partial charge in [-0.3, -0.25) is 9.78 Å². The van der Waals surface area contributed by atoms with Crippen LogP contribution in [0.4, 0.5) is 11.6 Å². The van der Waals surface area contributed by atoms with Gasteiger partial charge in [0.1, 0.15) is 5.69 Å². The second-order valence-corrected chi connectivity index (χ2v) is 6.54. The van der Waals surface area contributed by atoms with E-state index in [9.17, 15) is 4.79 Å². The van der Waals surface area contributed by atoms with Crippen LogP contribution in [0.3, 0.4) is 0 Å². The number of pyridine rings is 1. The van der Waals surface area contributed by atoms with Gasteiger partial charge >= 0.3 is 0 Å². The van der Waals surface area contributed by atoms with E-state index in [4.69, 9.17) is 0 Å². The SMILES string of the molecule is CCc1cccc(CC)c1Nc1nc(C)cc(C(=O)NCc2ccncc2)n1. The topological polar surface area (TPSA) is 79.8 Å². The largest absolute Gasteiger partial charge is 0.347 e. The van der Waals surface area contributed by atoms with Gasteiger partial charge in [-0.15, -0.1) is 0 Å². The highest BCUT2D eigenvalue weighted by Crippen LogP contribution is 2.25. The fraction of sp³-hybridized carbons (Fsp3) is 0.273. The van der Waals surface area contributed by atoms with Crippen LogP contribution in [0.15, 0.2) is 48.8 Å². The monoisotopic (exact) mass is 375 g/mol. The van der Waals surface area contributed by atoms with Gasteiger partial charge in [0.15, 0.2) is 0 Å². The van der Waals surface area contributed by atoms with Gasteiger partial charge in [0.2, 0.25) is 5.95 Å². The number of rotatable bonds is 7. The fourth-order valence-corrected chi connectivity index (χ4v) is 3.03.